The molecular formula is C18H29N3O3. The van der Waals surface area contributed by atoms with Crippen molar-refractivity contribution in [2.45, 2.75) is 70.1 Å². The minimum Gasteiger partial charge on any atom is -0.393 e. The second kappa shape index (κ2) is 6.48. The van der Waals surface area contributed by atoms with Crippen LogP contribution in [-0.4, -0.2) is 57.1 Å². The third-order valence-corrected chi connectivity index (χ3v) is 6.13. The number of nitrogens with zero attached hydrogens (tertiary/aromatic N) is 3. The minimum absolute atomic E-state index is 0.00911. The summed E-state index contributed by atoms with van der Waals surface area (Å²) in [6.45, 7) is 4.77. The summed E-state index contributed by atoms with van der Waals surface area (Å²) in [5.74, 6) is 0.163. The van der Waals surface area contributed by atoms with E-state index in [1.165, 1.54) is 5.56 Å². The fraction of sp³-hybridized carbons (Fsp3) is 0.778. The minimum atomic E-state index is -0.325. The van der Waals surface area contributed by atoms with E-state index in [1.807, 2.05) is 30.5 Å². The van der Waals surface area contributed by atoms with E-state index in [-0.39, 0.29) is 23.7 Å². The first kappa shape index (κ1) is 17.4. The first-order valence-electron chi connectivity index (χ1n) is 8.89. The van der Waals surface area contributed by atoms with Gasteiger partial charge >= 0.3 is 0 Å². The maximum absolute atomic E-state index is 12.8. The topological polar surface area (TPSA) is 67.6 Å². The molecule has 0 aromatic carbocycles. The van der Waals surface area contributed by atoms with Gasteiger partial charge in [-0.05, 0) is 51.5 Å². The third kappa shape index (κ3) is 2.86. The number of hydrogen-bond acceptors (Lipinski definition) is 4. The third-order valence-electron chi connectivity index (χ3n) is 6.13. The lowest BCUT2D eigenvalue weighted by Gasteiger charge is -2.42. The van der Waals surface area contributed by atoms with E-state index in [0.717, 1.165) is 43.6 Å². The highest BCUT2D eigenvalue weighted by molar-refractivity contribution is 5.77. The van der Waals surface area contributed by atoms with Crippen molar-refractivity contribution in [3.05, 3.63) is 17.0 Å². The van der Waals surface area contributed by atoms with E-state index in [4.69, 9.17) is 4.74 Å². The smallest absolute Gasteiger partial charge is 0.223 e. The normalized spacial score (nSPS) is 29.8. The van der Waals surface area contributed by atoms with Crippen LogP contribution in [0.3, 0.4) is 0 Å². The van der Waals surface area contributed by atoms with Crippen LogP contribution in [0.2, 0.25) is 0 Å². The van der Waals surface area contributed by atoms with Gasteiger partial charge in [-0.15, -0.1) is 0 Å². The fourth-order valence-electron chi connectivity index (χ4n) is 4.53. The number of aromatic nitrogens is 2. The first-order valence-corrected chi connectivity index (χ1v) is 8.89. The average molecular weight is 335 g/mol. The second-order valence-corrected chi connectivity index (χ2v) is 7.32. The molecule has 134 valence electrons. The van der Waals surface area contributed by atoms with Crippen molar-refractivity contribution in [1.82, 2.24) is 14.7 Å². The number of aliphatic hydroxyl groups is 1. The number of hydrogen-bond donors (Lipinski definition) is 1. The number of aliphatic hydroxyl groups excluding tert-OH is 1. The summed E-state index contributed by atoms with van der Waals surface area (Å²) in [7, 11) is 3.67. The van der Waals surface area contributed by atoms with Crippen LogP contribution in [0.1, 0.15) is 49.1 Å². The molecule has 2 fully saturated rings. The molecule has 2 heterocycles. The Hall–Kier alpha value is -1.40. The predicted octanol–water partition coefficient (Wildman–Crippen LogP) is 1.50. The van der Waals surface area contributed by atoms with Crippen molar-refractivity contribution in [3.8, 4) is 0 Å². The predicted molar refractivity (Wildman–Crippen MR) is 90.7 cm³/mol. The summed E-state index contributed by atoms with van der Waals surface area (Å²) < 4.78 is 7.69. The number of carbonyl (C=O) groups excluding carboxylic acids is 1. The van der Waals surface area contributed by atoms with Gasteiger partial charge in [-0.2, -0.15) is 5.10 Å². The van der Waals surface area contributed by atoms with Crippen molar-refractivity contribution >= 4 is 5.91 Å². The largest absolute Gasteiger partial charge is 0.393 e. The number of methoxy groups -OCH3 is 1. The number of likely N-dealkylation sites (tertiary alicyclic amines) is 1. The standard InChI is InChI=1S/C18H29N3O3/c1-12-15(13(2)20(3)19-12)5-6-17(23)21-10-9-18(24-4)8-7-14(22)11-16(18)21/h14,16,22H,5-11H2,1-4H3/t14-,16-,18+/m0/s1. The number of fused-ring (bicyclic) bond motifs is 1. The highest BCUT2D eigenvalue weighted by Gasteiger charge is 2.52. The molecule has 1 saturated heterocycles. The van der Waals surface area contributed by atoms with Crippen molar-refractivity contribution < 1.29 is 14.6 Å². The van der Waals surface area contributed by atoms with Crippen LogP contribution in [0.5, 0.6) is 0 Å². The molecule has 3 atom stereocenters. The van der Waals surface area contributed by atoms with E-state index in [9.17, 15) is 9.90 Å². The molecule has 0 unspecified atom stereocenters. The lowest BCUT2D eigenvalue weighted by molar-refractivity contribution is -0.139. The highest BCUT2D eigenvalue weighted by atomic mass is 16.5. The van der Waals surface area contributed by atoms with Crippen LogP contribution in [0.4, 0.5) is 0 Å². The lowest BCUT2D eigenvalue weighted by atomic mass is 9.79. The molecule has 24 heavy (non-hydrogen) atoms. The summed E-state index contributed by atoms with van der Waals surface area (Å²) >= 11 is 0. The Kier molecular flexibility index (Phi) is 4.71. The molecule has 0 spiro atoms. The summed E-state index contributed by atoms with van der Waals surface area (Å²) in [4.78, 5) is 14.8. The average Bonchev–Trinajstić information content (AvgIpc) is 3.04. The Balaban J connectivity index is 1.69. The number of amides is 1. The molecule has 1 saturated carbocycles. The molecule has 6 heteroatoms. The summed E-state index contributed by atoms with van der Waals surface area (Å²) in [6.07, 6.45) is 3.98. The van der Waals surface area contributed by atoms with Gasteiger partial charge in [-0.25, -0.2) is 0 Å². The van der Waals surface area contributed by atoms with E-state index < -0.39 is 0 Å². The Morgan fingerprint density at radius 3 is 2.79 bits per heavy atom. The van der Waals surface area contributed by atoms with Gasteiger partial charge in [-0.3, -0.25) is 9.48 Å². The van der Waals surface area contributed by atoms with E-state index in [0.29, 0.717) is 12.8 Å². The zero-order valence-electron chi connectivity index (χ0n) is 15.2. The molecule has 3 rings (SSSR count). The lowest BCUT2D eigenvalue weighted by Crippen LogP contribution is -2.52. The molecule has 0 bridgehead atoms. The zero-order chi connectivity index (χ0) is 17.5. The summed E-state index contributed by atoms with van der Waals surface area (Å²) in [5.41, 5.74) is 3.05. The van der Waals surface area contributed by atoms with Gasteiger partial charge in [0.25, 0.3) is 0 Å². The molecule has 1 N–H and O–H groups in total. The first-order chi connectivity index (χ1) is 11.4. The summed E-state index contributed by atoms with van der Waals surface area (Å²) in [5, 5.41) is 14.5. The van der Waals surface area contributed by atoms with Crippen LogP contribution >= 0.6 is 0 Å². The van der Waals surface area contributed by atoms with Crippen molar-refractivity contribution in [3.63, 3.8) is 0 Å². The van der Waals surface area contributed by atoms with Crippen molar-refractivity contribution in [2.75, 3.05) is 13.7 Å². The number of rotatable bonds is 4. The molecule has 6 nitrogen and oxygen atoms in total. The maximum atomic E-state index is 12.8. The SMILES string of the molecule is CO[C@@]12CC[C@H](O)C[C@@H]1N(C(=O)CCc1c(C)nn(C)c1C)CC2. The quantitative estimate of drug-likeness (QED) is 0.905. The van der Waals surface area contributed by atoms with Crippen molar-refractivity contribution in [1.29, 1.82) is 0 Å². The summed E-state index contributed by atoms with van der Waals surface area (Å²) in [6, 6.07) is 0.00911. The molecule has 1 aliphatic carbocycles. The Morgan fingerprint density at radius 1 is 1.42 bits per heavy atom. The van der Waals surface area contributed by atoms with Crippen LogP contribution in [0.15, 0.2) is 0 Å². The Labute approximate surface area is 143 Å². The molecule has 0 radical (unpaired) electrons. The molecule has 1 aromatic heterocycles. The van der Waals surface area contributed by atoms with Crippen LogP contribution in [-0.2, 0) is 23.0 Å². The van der Waals surface area contributed by atoms with Crippen LogP contribution in [0.25, 0.3) is 0 Å². The molecule has 2 aliphatic rings. The number of ether oxygens (including phenoxy) is 1. The fourth-order valence-corrected chi connectivity index (χ4v) is 4.53. The van der Waals surface area contributed by atoms with Gasteiger partial charge in [0, 0.05) is 32.8 Å². The van der Waals surface area contributed by atoms with E-state index in [1.54, 1.807) is 7.11 Å². The maximum Gasteiger partial charge on any atom is 0.223 e. The van der Waals surface area contributed by atoms with Crippen LogP contribution < -0.4 is 0 Å². The van der Waals surface area contributed by atoms with Crippen LogP contribution in [0, 0.1) is 13.8 Å². The number of aryl methyl sites for hydroxylation is 2. The van der Waals surface area contributed by atoms with Crippen molar-refractivity contribution in [2.24, 2.45) is 7.05 Å². The number of carbonyl (C=O) groups is 1. The van der Waals surface area contributed by atoms with E-state index >= 15 is 0 Å². The molecule has 1 amide bonds. The van der Waals surface area contributed by atoms with Gasteiger partial charge in [0.2, 0.25) is 5.91 Å². The Morgan fingerprint density at radius 2 is 2.17 bits per heavy atom. The zero-order valence-corrected chi connectivity index (χ0v) is 15.2. The molecular weight excluding hydrogens is 306 g/mol. The van der Waals surface area contributed by atoms with Gasteiger partial charge in [0.1, 0.15) is 0 Å². The second-order valence-electron chi connectivity index (χ2n) is 7.32. The van der Waals surface area contributed by atoms with Gasteiger partial charge in [0.05, 0.1) is 23.4 Å². The van der Waals surface area contributed by atoms with Gasteiger partial charge in [-0.1, -0.05) is 0 Å². The highest BCUT2D eigenvalue weighted by Crippen LogP contribution is 2.42. The monoisotopic (exact) mass is 335 g/mol. The van der Waals surface area contributed by atoms with Gasteiger partial charge in [0.15, 0.2) is 0 Å². The molecule has 1 aromatic rings. The van der Waals surface area contributed by atoms with Gasteiger partial charge < -0.3 is 14.7 Å². The molecule has 1 aliphatic heterocycles. The Bertz CT molecular complexity index is 627. The van der Waals surface area contributed by atoms with E-state index in [2.05, 4.69) is 5.10 Å².